The molecule has 1 aliphatic heterocycles. The average molecular weight is 264 g/mol. The lowest BCUT2D eigenvalue weighted by Gasteiger charge is -2.39. The highest BCUT2D eigenvalue weighted by molar-refractivity contribution is 5.30. The molecule has 0 spiro atoms. The third-order valence-corrected chi connectivity index (χ3v) is 3.48. The first-order valence-corrected chi connectivity index (χ1v) is 6.76. The molecule has 4 heteroatoms. The second-order valence-corrected chi connectivity index (χ2v) is 5.73. The maximum absolute atomic E-state index is 6.30. The third kappa shape index (κ3) is 3.93. The topological polar surface area (TPSA) is 47.7 Å². The molecule has 0 aliphatic carbocycles. The minimum Gasteiger partial charge on any atom is -0.497 e. The molecular weight excluding hydrogens is 240 g/mol. The van der Waals surface area contributed by atoms with Crippen LogP contribution in [-0.4, -0.2) is 43.9 Å². The van der Waals surface area contributed by atoms with E-state index in [9.17, 15) is 0 Å². The summed E-state index contributed by atoms with van der Waals surface area (Å²) in [6.07, 6.45) is 0. The molecule has 1 heterocycles. The summed E-state index contributed by atoms with van der Waals surface area (Å²) in [5.74, 6) is 0.857. The molecule has 1 aromatic rings. The van der Waals surface area contributed by atoms with Crippen molar-refractivity contribution in [3.05, 3.63) is 29.8 Å². The number of nitrogens with two attached hydrogens (primary N) is 1. The fourth-order valence-electron chi connectivity index (χ4n) is 2.53. The molecule has 0 radical (unpaired) electrons. The smallest absolute Gasteiger partial charge is 0.119 e. The van der Waals surface area contributed by atoms with E-state index in [1.165, 1.54) is 0 Å². The second-order valence-electron chi connectivity index (χ2n) is 5.73. The molecule has 1 atom stereocenters. The van der Waals surface area contributed by atoms with Crippen molar-refractivity contribution >= 4 is 0 Å². The highest BCUT2D eigenvalue weighted by Gasteiger charge is 2.28. The van der Waals surface area contributed by atoms with Gasteiger partial charge in [0.25, 0.3) is 0 Å². The summed E-state index contributed by atoms with van der Waals surface area (Å²) in [7, 11) is 1.68. The molecule has 1 fully saturated rings. The van der Waals surface area contributed by atoms with Crippen molar-refractivity contribution in [3.63, 3.8) is 0 Å². The van der Waals surface area contributed by atoms with Gasteiger partial charge in [-0.15, -0.1) is 0 Å². The van der Waals surface area contributed by atoms with E-state index in [2.05, 4.69) is 24.8 Å². The molecular formula is C15H24N2O2. The Morgan fingerprint density at radius 3 is 2.95 bits per heavy atom. The third-order valence-electron chi connectivity index (χ3n) is 3.48. The summed E-state index contributed by atoms with van der Waals surface area (Å²) in [5.41, 5.74) is 7.34. The number of hydrogen-bond donors (Lipinski definition) is 1. The molecule has 2 rings (SSSR count). The van der Waals surface area contributed by atoms with Crippen LogP contribution in [-0.2, 0) is 4.74 Å². The molecule has 106 valence electrons. The zero-order valence-corrected chi connectivity index (χ0v) is 12.1. The Morgan fingerprint density at radius 2 is 2.26 bits per heavy atom. The number of hydrogen-bond acceptors (Lipinski definition) is 4. The van der Waals surface area contributed by atoms with Crippen LogP contribution in [0.1, 0.15) is 25.5 Å². The SMILES string of the molecule is COc1cccc(C(N)CN2CCOC(C)(C)C2)c1. The van der Waals surface area contributed by atoms with Crippen molar-refractivity contribution in [3.8, 4) is 5.75 Å². The standard InChI is InChI=1S/C15H24N2O2/c1-15(2)11-17(7-8-19-15)10-14(16)12-5-4-6-13(9-12)18-3/h4-6,9,14H,7-8,10-11,16H2,1-3H3. The molecule has 0 bridgehead atoms. The summed E-state index contributed by atoms with van der Waals surface area (Å²) in [5, 5.41) is 0. The normalized spacial score (nSPS) is 21.1. The first-order valence-electron chi connectivity index (χ1n) is 6.76. The predicted octanol–water partition coefficient (Wildman–Crippen LogP) is 1.81. The summed E-state index contributed by atoms with van der Waals surface area (Å²) in [4.78, 5) is 2.37. The van der Waals surface area contributed by atoms with Crippen LogP contribution >= 0.6 is 0 Å². The molecule has 1 aliphatic rings. The van der Waals surface area contributed by atoms with Gasteiger partial charge in [0.2, 0.25) is 0 Å². The maximum Gasteiger partial charge on any atom is 0.119 e. The quantitative estimate of drug-likeness (QED) is 0.901. The monoisotopic (exact) mass is 264 g/mol. The largest absolute Gasteiger partial charge is 0.497 e. The van der Waals surface area contributed by atoms with E-state index < -0.39 is 0 Å². The number of rotatable bonds is 4. The first-order chi connectivity index (χ1) is 9.00. The first kappa shape index (κ1) is 14.3. The Balaban J connectivity index is 1.98. The minimum absolute atomic E-state index is 0.00370. The van der Waals surface area contributed by atoms with Crippen LogP contribution in [0.5, 0.6) is 5.75 Å². The van der Waals surface area contributed by atoms with E-state index in [1.807, 2.05) is 18.2 Å². The summed E-state index contributed by atoms with van der Waals surface area (Å²) in [6.45, 7) is 7.73. The maximum atomic E-state index is 6.30. The summed E-state index contributed by atoms with van der Waals surface area (Å²) < 4.78 is 11.0. The van der Waals surface area contributed by atoms with E-state index in [4.69, 9.17) is 15.2 Å². The lowest BCUT2D eigenvalue weighted by atomic mass is 10.0. The zero-order valence-electron chi connectivity index (χ0n) is 12.1. The van der Waals surface area contributed by atoms with Gasteiger partial charge in [-0.3, -0.25) is 4.90 Å². The van der Waals surface area contributed by atoms with E-state index in [0.29, 0.717) is 0 Å². The van der Waals surface area contributed by atoms with Gasteiger partial charge in [0, 0.05) is 25.7 Å². The van der Waals surface area contributed by atoms with Crippen LogP contribution in [0.15, 0.2) is 24.3 Å². The number of methoxy groups -OCH3 is 1. The van der Waals surface area contributed by atoms with Gasteiger partial charge in [0.05, 0.1) is 19.3 Å². The Morgan fingerprint density at radius 1 is 1.47 bits per heavy atom. The Labute approximate surface area is 115 Å². The molecule has 1 unspecified atom stereocenters. The fourth-order valence-corrected chi connectivity index (χ4v) is 2.53. The highest BCUT2D eigenvalue weighted by atomic mass is 16.5. The summed E-state index contributed by atoms with van der Waals surface area (Å²) >= 11 is 0. The van der Waals surface area contributed by atoms with Gasteiger partial charge < -0.3 is 15.2 Å². The molecule has 0 saturated carbocycles. The Hall–Kier alpha value is -1.10. The van der Waals surface area contributed by atoms with Crippen molar-refractivity contribution in [2.75, 3.05) is 33.4 Å². The summed E-state index contributed by atoms with van der Waals surface area (Å²) in [6, 6.07) is 7.99. The zero-order chi connectivity index (χ0) is 13.9. The molecule has 1 saturated heterocycles. The van der Waals surface area contributed by atoms with E-state index in [1.54, 1.807) is 7.11 Å². The van der Waals surface area contributed by atoms with Gasteiger partial charge in [-0.25, -0.2) is 0 Å². The Kier molecular flexibility index (Phi) is 4.45. The molecule has 0 aromatic heterocycles. The van der Waals surface area contributed by atoms with Crippen LogP contribution in [0.4, 0.5) is 0 Å². The lowest BCUT2D eigenvalue weighted by molar-refractivity contribution is -0.0870. The van der Waals surface area contributed by atoms with Crippen molar-refractivity contribution in [2.24, 2.45) is 5.73 Å². The molecule has 0 amide bonds. The second kappa shape index (κ2) is 5.90. The van der Waals surface area contributed by atoms with Crippen molar-refractivity contribution in [1.82, 2.24) is 4.90 Å². The van der Waals surface area contributed by atoms with Crippen molar-refractivity contribution < 1.29 is 9.47 Å². The van der Waals surface area contributed by atoms with Gasteiger partial charge >= 0.3 is 0 Å². The number of morpholine rings is 1. The van der Waals surface area contributed by atoms with Crippen LogP contribution in [0.3, 0.4) is 0 Å². The van der Waals surface area contributed by atoms with Gasteiger partial charge in [0.15, 0.2) is 0 Å². The van der Waals surface area contributed by atoms with Crippen LogP contribution in [0, 0.1) is 0 Å². The number of benzene rings is 1. The predicted molar refractivity (Wildman–Crippen MR) is 76.4 cm³/mol. The highest BCUT2D eigenvalue weighted by Crippen LogP contribution is 2.21. The van der Waals surface area contributed by atoms with Crippen LogP contribution < -0.4 is 10.5 Å². The Bertz CT molecular complexity index is 420. The van der Waals surface area contributed by atoms with E-state index >= 15 is 0 Å². The van der Waals surface area contributed by atoms with Gasteiger partial charge in [0.1, 0.15) is 5.75 Å². The number of ether oxygens (including phenoxy) is 2. The number of nitrogens with zero attached hydrogens (tertiary/aromatic N) is 1. The molecule has 4 nitrogen and oxygen atoms in total. The van der Waals surface area contributed by atoms with E-state index in [-0.39, 0.29) is 11.6 Å². The van der Waals surface area contributed by atoms with Gasteiger partial charge in [-0.2, -0.15) is 0 Å². The van der Waals surface area contributed by atoms with Crippen LogP contribution in [0.25, 0.3) is 0 Å². The van der Waals surface area contributed by atoms with Gasteiger partial charge in [-0.1, -0.05) is 12.1 Å². The van der Waals surface area contributed by atoms with Crippen molar-refractivity contribution in [2.45, 2.75) is 25.5 Å². The van der Waals surface area contributed by atoms with Crippen LogP contribution in [0.2, 0.25) is 0 Å². The molecule has 1 aromatic carbocycles. The lowest BCUT2D eigenvalue weighted by Crippen LogP contribution is -2.50. The molecule has 19 heavy (non-hydrogen) atoms. The fraction of sp³-hybridized carbons (Fsp3) is 0.600. The molecule has 2 N–H and O–H groups in total. The average Bonchev–Trinajstić information content (AvgIpc) is 2.37. The van der Waals surface area contributed by atoms with Crippen molar-refractivity contribution in [1.29, 1.82) is 0 Å². The van der Waals surface area contributed by atoms with Gasteiger partial charge in [-0.05, 0) is 31.5 Å². The van der Waals surface area contributed by atoms with E-state index in [0.717, 1.165) is 37.6 Å². The minimum atomic E-state index is -0.0770.